The van der Waals surface area contributed by atoms with E-state index in [9.17, 15) is 13.2 Å². The monoisotopic (exact) mass is 491 g/mol. The molecule has 0 saturated heterocycles. The molecule has 0 aliphatic heterocycles. The molecule has 0 aromatic carbocycles. The molecule has 1 aliphatic carbocycles. The third kappa shape index (κ3) is 13.7. The van der Waals surface area contributed by atoms with Gasteiger partial charge in [0.25, 0.3) is 0 Å². The molecule has 0 bridgehead atoms. The Hall–Kier alpha value is -0.740. The minimum Gasteiger partial charge on any atom is -0.378 e. The van der Waals surface area contributed by atoms with Crippen LogP contribution in [0.25, 0.3) is 0 Å². The van der Waals surface area contributed by atoms with E-state index in [1.807, 2.05) is 0 Å². The standard InChI is InChI=1S/C24H49N3O5S/c1-5-7-11-18-26(3)19-12-9-8-10-13-20-31-23-16-14-22(15-17-23)27(4)33(29,30)32-21-24(28)25-6-2/h22-23H,5-21H2,1-4H3,(H,25,28). The van der Waals surface area contributed by atoms with Crippen molar-refractivity contribution in [1.82, 2.24) is 14.5 Å². The number of likely N-dealkylation sites (N-methyl/N-ethyl adjacent to an activating group) is 1. The molecule has 0 radical (unpaired) electrons. The molecule has 1 saturated carbocycles. The Bertz CT molecular complexity index is 609. The summed E-state index contributed by atoms with van der Waals surface area (Å²) in [5.41, 5.74) is 0. The lowest BCUT2D eigenvalue weighted by Crippen LogP contribution is -2.42. The maximum Gasteiger partial charge on any atom is 0.338 e. The van der Waals surface area contributed by atoms with E-state index in [0.29, 0.717) is 6.54 Å². The molecule has 1 fully saturated rings. The van der Waals surface area contributed by atoms with Crippen LogP contribution in [0.1, 0.15) is 90.9 Å². The Morgan fingerprint density at radius 3 is 2.15 bits per heavy atom. The number of carbonyl (C=O) groups excluding carboxylic acids is 1. The van der Waals surface area contributed by atoms with Gasteiger partial charge in [-0.3, -0.25) is 4.79 Å². The average molecular weight is 492 g/mol. The second-order valence-corrected chi connectivity index (χ2v) is 10.9. The van der Waals surface area contributed by atoms with Crippen molar-refractivity contribution < 1.29 is 22.1 Å². The molecule has 9 heteroatoms. The van der Waals surface area contributed by atoms with Gasteiger partial charge in [-0.2, -0.15) is 12.7 Å². The fourth-order valence-electron chi connectivity index (χ4n) is 4.23. The first-order valence-electron chi connectivity index (χ1n) is 13.0. The molecule has 196 valence electrons. The molecule has 0 aromatic heterocycles. The van der Waals surface area contributed by atoms with Crippen LogP contribution < -0.4 is 5.32 Å². The van der Waals surface area contributed by atoms with Gasteiger partial charge in [-0.25, -0.2) is 4.18 Å². The molecule has 8 nitrogen and oxygen atoms in total. The van der Waals surface area contributed by atoms with Crippen LogP contribution in [0.2, 0.25) is 0 Å². The second-order valence-electron chi connectivity index (χ2n) is 9.27. The van der Waals surface area contributed by atoms with Gasteiger partial charge >= 0.3 is 10.3 Å². The van der Waals surface area contributed by atoms with Crippen molar-refractivity contribution in [2.45, 2.75) is 103 Å². The number of nitrogens with zero attached hydrogens (tertiary/aromatic N) is 2. The topological polar surface area (TPSA) is 88.2 Å². The van der Waals surface area contributed by atoms with E-state index in [0.717, 1.165) is 38.7 Å². The predicted octanol–water partition coefficient (Wildman–Crippen LogP) is 3.72. The van der Waals surface area contributed by atoms with Gasteiger partial charge < -0.3 is 15.0 Å². The van der Waals surface area contributed by atoms with Gasteiger partial charge in [0.2, 0.25) is 5.91 Å². The first-order valence-corrected chi connectivity index (χ1v) is 14.4. The van der Waals surface area contributed by atoms with Crippen LogP contribution in [-0.2, 0) is 24.0 Å². The summed E-state index contributed by atoms with van der Waals surface area (Å²) in [6, 6.07) is -0.107. The van der Waals surface area contributed by atoms with Crippen molar-refractivity contribution in [3.05, 3.63) is 0 Å². The lowest BCUT2D eigenvalue weighted by molar-refractivity contribution is -0.123. The zero-order chi connectivity index (χ0) is 24.5. The maximum absolute atomic E-state index is 12.3. The molecular formula is C24H49N3O5S. The second kappa shape index (κ2) is 17.7. The third-order valence-corrected chi connectivity index (χ3v) is 7.82. The fourth-order valence-corrected chi connectivity index (χ4v) is 5.22. The molecule has 0 spiro atoms. The lowest BCUT2D eigenvalue weighted by atomic mass is 9.93. The molecule has 1 amide bonds. The molecule has 0 aromatic rings. The number of carbonyl (C=O) groups is 1. The van der Waals surface area contributed by atoms with Crippen LogP contribution in [0.15, 0.2) is 0 Å². The first kappa shape index (κ1) is 30.3. The van der Waals surface area contributed by atoms with Gasteiger partial charge in [-0.1, -0.05) is 39.0 Å². The zero-order valence-electron chi connectivity index (χ0n) is 21.5. The molecule has 0 heterocycles. The van der Waals surface area contributed by atoms with Gasteiger partial charge in [-0.05, 0) is 72.0 Å². The normalized spacial score (nSPS) is 19.3. The maximum atomic E-state index is 12.3. The Labute approximate surface area is 203 Å². The highest BCUT2D eigenvalue weighted by atomic mass is 32.2. The Morgan fingerprint density at radius 2 is 1.52 bits per heavy atom. The van der Waals surface area contributed by atoms with E-state index in [1.54, 1.807) is 6.92 Å². The molecule has 1 aliphatic rings. The van der Waals surface area contributed by atoms with E-state index >= 15 is 0 Å². The Morgan fingerprint density at radius 1 is 0.909 bits per heavy atom. The number of hydrogen-bond donors (Lipinski definition) is 1. The van der Waals surface area contributed by atoms with E-state index in [4.69, 9.17) is 8.92 Å². The molecule has 0 atom stereocenters. The number of nitrogens with one attached hydrogen (secondary N) is 1. The van der Waals surface area contributed by atoms with Crippen LogP contribution in [0.5, 0.6) is 0 Å². The van der Waals surface area contributed by atoms with Crippen LogP contribution in [-0.4, -0.2) is 82.6 Å². The molecular weight excluding hydrogens is 442 g/mol. The first-order chi connectivity index (χ1) is 15.8. The number of amides is 1. The van der Waals surface area contributed by atoms with Gasteiger partial charge in [0.1, 0.15) is 6.61 Å². The minimum absolute atomic E-state index is 0.107. The number of hydrogen-bond acceptors (Lipinski definition) is 6. The van der Waals surface area contributed by atoms with Gasteiger partial charge in [-0.15, -0.1) is 0 Å². The summed E-state index contributed by atoms with van der Waals surface area (Å²) in [7, 11) is -0.150. The predicted molar refractivity (Wildman–Crippen MR) is 133 cm³/mol. The average Bonchev–Trinajstić information content (AvgIpc) is 2.80. The molecule has 0 unspecified atom stereocenters. The van der Waals surface area contributed by atoms with Crippen LogP contribution in [0.4, 0.5) is 0 Å². The summed E-state index contributed by atoms with van der Waals surface area (Å²) < 4.78 is 36.9. The summed E-state index contributed by atoms with van der Waals surface area (Å²) in [4.78, 5) is 13.9. The van der Waals surface area contributed by atoms with Crippen molar-refractivity contribution in [3.63, 3.8) is 0 Å². The van der Waals surface area contributed by atoms with Crippen molar-refractivity contribution in [2.24, 2.45) is 0 Å². The minimum atomic E-state index is -3.91. The lowest BCUT2D eigenvalue weighted by Gasteiger charge is -2.33. The molecule has 1 N–H and O–H groups in total. The smallest absolute Gasteiger partial charge is 0.338 e. The van der Waals surface area contributed by atoms with E-state index in [-0.39, 0.29) is 12.1 Å². The van der Waals surface area contributed by atoms with Crippen LogP contribution >= 0.6 is 0 Å². The van der Waals surface area contributed by atoms with Crippen molar-refractivity contribution in [1.29, 1.82) is 0 Å². The van der Waals surface area contributed by atoms with Gasteiger partial charge in [0.05, 0.1) is 6.10 Å². The van der Waals surface area contributed by atoms with E-state index in [2.05, 4.69) is 24.2 Å². The third-order valence-electron chi connectivity index (χ3n) is 6.40. The van der Waals surface area contributed by atoms with Crippen LogP contribution in [0.3, 0.4) is 0 Å². The van der Waals surface area contributed by atoms with E-state index < -0.39 is 22.8 Å². The summed E-state index contributed by atoms with van der Waals surface area (Å²) >= 11 is 0. The van der Waals surface area contributed by atoms with Gasteiger partial charge in [0, 0.05) is 26.2 Å². The van der Waals surface area contributed by atoms with Crippen molar-refractivity contribution in [3.8, 4) is 0 Å². The Kier molecular flexibility index (Phi) is 16.2. The highest BCUT2D eigenvalue weighted by Gasteiger charge is 2.31. The highest BCUT2D eigenvalue weighted by Crippen LogP contribution is 2.26. The summed E-state index contributed by atoms with van der Waals surface area (Å²) in [5.74, 6) is -0.429. The number of unbranched alkanes of at least 4 members (excludes halogenated alkanes) is 6. The Balaban J connectivity index is 2.09. The SMILES string of the molecule is CCCCCN(C)CCCCCCCOC1CCC(N(C)S(=O)(=O)OCC(=O)NCC)CC1. The van der Waals surface area contributed by atoms with Crippen molar-refractivity contribution >= 4 is 16.2 Å². The summed E-state index contributed by atoms with van der Waals surface area (Å²) in [5, 5.41) is 2.53. The summed E-state index contributed by atoms with van der Waals surface area (Å²) in [6.07, 6.45) is 13.5. The zero-order valence-corrected chi connectivity index (χ0v) is 22.3. The molecule has 1 rings (SSSR count). The van der Waals surface area contributed by atoms with Gasteiger partial charge in [0.15, 0.2) is 0 Å². The molecule has 33 heavy (non-hydrogen) atoms. The number of ether oxygens (including phenoxy) is 1. The quantitative estimate of drug-likeness (QED) is 0.277. The van der Waals surface area contributed by atoms with Crippen molar-refractivity contribution in [2.75, 3.05) is 46.9 Å². The van der Waals surface area contributed by atoms with E-state index in [1.165, 1.54) is 69.4 Å². The number of rotatable bonds is 19. The summed E-state index contributed by atoms with van der Waals surface area (Å²) in [6.45, 7) is 7.19. The highest BCUT2D eigenvalue weighted by molar-refractivity contribution is 7.84. The largest absolute Gasteiger partial charge is 0.378 e. The fraction of sp³-hybridized carbons (Fsp3) is 0.958. The van der Waals surface area contributed by atoms with Crippen LogP contribution in [0, 0.1) is 0 Å².